The van der Waals surface area contributed by atoms with Gasteiger partial charge in [0.25, 0.3) is 0 Å². The molecule has 0 aliphatic rings. The van der Waals surface area contributed by atoms with Crippen molar-refractivity contribution >= 4 is 19.7 Å². The first-order valence-corrected chi connectivity index (χ1v) is 5.54. The summed E-state index contributed by atoms with van der Waals surface area (Å²) in [4.78, 5) is 0. The summed E-state index contributed by atoms with van der Waals surface area (Å²) in [5, 5.41) is 0. The number of hydrogen-bond donors (Lipinski definition) is 0. The van der Waals surface area contributed by atoms with E-state index in [1.54, 1.807) is 0 Å². The molecule has 0 rings (SSSR count). The first-order chi connectivity index (χ1) is 5.52. The Kier molecular flexibility index (Phi) is 3.62. The Hall–Kier alpha value is -0.0100. The average molecular weight is 241 g/mol. The van der Waals surface area contributed by atoms with Crippen molar-refractivity contribution in [1.82, 2.24) is 0 Å². The van der Waals surface area contributed by atoms with Crippen LogP contribution in [0.5, 0.6) is 0 Å². The van der Waals surface area contributed by atoms with Crippen LogP contribution in [0, 0.1) is 0 Å². The van der Waals surface area contributed by atoms with E-state index in [4.69, 9.17) is 10.7 Å². The summed E-state index contributed by atoms with van der Waals surface area (Å²) in [7, 11) is 1.22. The maximum absolute atomic E-state index is 12.2. The predicted octanol–water partition coefficient (Wildman–Crippen LogP) is 1.52. The molecule has 13 heavy (non-hydrogen) atoms. The third-order valence-corrected chi connectivity index (χ3v) is 2.72. The van der Waals surface area contributed by atoms with Crippen LogP contribution < -0.4 is 0 Å². The molecule has 0 amide bonds. The van der Waals surface area contributed by atoms with E-state index in [0.29, 0.717) is 6.92 Å². The van der Waals surface area contributed by atoms with Gasteiger partial charge >= 0.3 is 6.18 Å². The molecule has 1 atom stereocenters. The molecule has 0 aromatic rings. The Morgan fingerprint density at radius 2 is 1.77 bits per heavy atom. The lowest BCUT2D eigenvalue weighted by atomic mass is 10.1. The van der Waals surface area contributed by atoms with Gasteiger partial charge in [0.2, 0.25) is 9.05 Å². The van der Waals surface area contributed by atoms with Crippen LogP contribution in [0.25, 0.3) is 0 Å². The van der Waals surface area contributed by atoms with Crippen LogP contribution >= 0.6 is 10.7 Å². The van der Waals surface area contributed by atoms with Crippen molar-refractivity contribution in [3.63, 3.8) is 0 Å². The summed E-state index contributed by atoms with van der Waals surface area (Å²) in [6, 6.07) is 0. The van der Waals surface area contributed by atoms with Gasteiger partial charge in [-0.25, -0.2) is 8.42 Å². The van der Waals surface area contributed by atoms with Crippen LogP contribution in [-0.4, -0.2) is 33.1 Å². The molecule has 0 aromatic carbocycles. The number of ether oxygens (including phenoxy) is 1. The number of hydrogen-bond acceptors (Lipinski definition) is 3. The molecule has 1 unspecified atom stereocenters. The Morgan fingerprint density at radius 1 is 1.38 bits per heavy atom. The van der Waals surface area contributed by atoms with Crippen molar-refractivity contribution in [2.24, 2.45) is 0 Å². The maximum Gasteiger partial charge on any atom is 0.418 e. The molecule has 0 bridgehead atoms. The topological polar surface area (TPSA) is 43.4 Å². The minimum absolute atomic E-state index is 0.618. The fourth-order valence-corrected chi connectivity index (χ4v) is 2.15. The van der Waals surface area contributed by atoms with Gasteiger partial charge in [0.15, 0.2) is 5.60 Å². The fraction of sp³-hybridized carbons (Fsp3) is 1.00. The van der Waals surface area contributed by atoms with E-state index >= 15 is 0 Å². The molecule has 0 aliphatic carbocycles. The minimum Gasteiger partial charge on any atom is -0.368 e. The van der Waals surface area contributed by atoms with Crippen LogP contribution in [0.3, 0.4) is 0 Å². The molecule has 3 nitrogen and oxygen atoms in total. The zero-order chi connectivity index (χ0) is 10.9. The molecular formula is C5H8ClF3O3S. The quantitative estimate of drug-likeness (QED) is 0.703. The van der Waals surface area contributed by atoms with E-state index in [9.17, 15) is 21.6 Å². The van der Waals surface area contributed by atoms with Crippen LogP contribution in [-0.2, 0) is 13.8 Å². The molecule has 0 aromatic heterocycles. The molecule has 0 saturated carbocycles. The van der Waals surface area contributed by atoms with Gasteiger partial charge in [-0.15, -0.1) is 0 Å². The molecule has 0 fully saturated rings. The van der Waals surface area contributed by atoms with Gasteiger partial charge in [0, 0.05) is 17.8 Å². The second kappa shape index (κ2) is 3.62. The predicted molar refractivity (Wildman–Crippen MR) is 41.1 cm³/mol. The highest BCUT2D eigenvalue weighted by atomic mass is 35.7. The summed E-state index contributed by atoms with van der Waals surface area (Å²) in [6.07, 6.45) is -4.77. The lowest BCUT2D eigenvalue weighted by Crippen LogP contribution is -2.48. The smallest absolute Gasteiger partial charge is 0.368 e. The van der Waals surface area contributed by atoms with E-state index in [1.807, 2.05) is 0 Å². The van der Waals surface area contributed by atoms with E-state index in [2.05, 4.69) is 4.74 Å². The van der Waals surface area contributed by atoms with Crippen molar-refractivity contribution in [2.45, 2.75) is 18.7 Å². The molecule has 80 valence electrons. The van der Waals surface area contributed by atoms with Crippen LogP contribution in [0.15, 0.2) is 0 Å². The van der Waals surface area contributed by atoms with Gasteiger partial charge < -0.3 is 4.74 Å². The highest BCUT2D eigenvalue weighted by Gasteiger charge is 2.54. The van der Waals surface area contributed by atoms with Crippen molar-refractivity contribution in [3.8, 4) is 0 Å². The summed E-state index contributed by atoms with van der Waals surface area (Å²) in [5.41, 5.74) is -2.76. The van der Waals surface area contributed by atoms with Gasteiger partial charge in [-0.05, 0) is 6.92 Å². The monoisotopic (exact) mass is 240 g/mol. The number of halogens is 4. The summed E-state index contributed by atoms with van der Waals surface area (Å²) >= 11 is 0. The lowest BCUT2D eigenvalue weighted by molar-refractivity contribution is -0.253. The molecule has 0 spiro atoms. The number of rotatable bonds is 3. The van der Waals surface area contributed by atoms with Crippen molar-refractivity contribution in [3.05, 3.63) is 0 Å². The SMILES string of the molecule is COC(C)(CS(=O)(=O)Cl)C(F)(F)F. The van der Waals surface area contributed by atoms with Crippen LogP contribution in [0.1, 0.15) is 6.92 Å². The number of alkyl halides is 3. The highest BCUT2D eigenvalue weighted by Crippen LogP contribution is 2.34. The van der Waals surface area contributed by atoms with Crippen LogP contribution in [0.4, 0.5) is 13.2 Å². The first kappa shape index (κ1) is 13.0. The lowest BCUT2D eigenvalue weighted by Gasteiger charge is -2.28. The van der Waals surface area contributed by atoms with E-state index in [0.717, 1.165) is 7.11 Å². The normalized spacial score (nSPS) is 18.3. The third-order valence-electron chi connectivity index (χ3n) is 1.50. The zero-order valence-corrected chi connectivity index (χ0v) is 8.42. The van der Waals surface area contributed by atoms with Gasteiger partial charge in [0.1, 0.15) is 5.75 Å². The third kappa shape index (κ3) is 3.70. The summed E-state index contributed by atoms with van der Waals surface area (Å²) < 4.78 is 61.5. The van der Waals surface area contributed by atoms with Gasteiger partial charge in [-0.2, -0.15) is 13.2 Å². The first-order valence-electron chi connectivity index (χ1n) is 3.06. The molecule has 0 aliphatic heterocycles. The number of methoxy groups -OCH3 is 1. The summed E-state index contributed by atoms with van der Waals surface area (Å²) in [6.45, 7) is 0.618. The van der Waals surface area contributed by atoms with Gasteiger partial charge in [0.05, 0.1) is 0 Å². The summed E-state index contributed by atoms with van der Waals surface area (Å²) in [5.74, 6) is -1.30. The largest absolute Gasteiger partial charge is 0.418 e. The fourth-order valence-electron chi connectivity index (χ4n) is 0.585. The van der Waals surface area contributed by atoms with Crippen molar-refractivity contribution in [2.75, 3.05) is 12.9 Å². The average Bonchev–Trinajstić information content (AvgIpc) is 1.81. The standard InChI is InChI=1S/C5H8ClF3O3S/c1-4(12-2,5(7,8)9)3-13(6,10)11/h3H2,1-2H3. The Labute approximate surface area is 78.2 Å². The molecule has 0 N–H and O–H groups in total. The van der Waals surface area contributed by atoms with Crippen molar-refractivity contribution < 1.29 is 26.3 Å². The van der Waals surface area contributed by atoms with E-state index in [-0.39, 0.29) is 0 Å². The maximum atomic E-state index is 12.2. The molecule has 0 saturated heterocycles. The molecule has 0 heterocycles. The zero-order valence-electron chi connectivity index (χ0n) is 6.85. The minimum atomic E-state index is -4.77. The molecular weight excluding hydrogens is 233 g/mol. The Morgan fingerprint density at radius 3 is 1.85 bits per heavy atom. The Balaban J connectivity index is 4.88. The van der Waals surface area contributed by atoms with Crippen LogP contribution in [0.2, 0.25) is 0 Å². The van der Waals surface area contributed by atoms with Crippen molar-refractivity contribution in [1.29, 1.82) is 0 Å². The van der Waals surface area contributed by atoms with Gasteiger partial charge in [-0.1, -0.05) is 0 Å². The van der Waals surface area contributed by atoms with E-state index in [1.165, 1.54) is 0 Å². The molecule has 0 radical (unpaired) electrons. The molecule has 8 heteroatoms. The van der Waals surface area contributed by atoms with E-state index < -0.39 is 26.6 Å². The highest BCUT2D eigenvalue weighted by molar-refractivity contribution is 8.13. The second-order valence-electron chi connectivity index (χ2n) is 2.62. The second-order valence-corrected chi connectivity index (χ2v) is 5.39. The van der Waals surface area contributed by atoms with Gasteiger partial charge in [-0.3, -0.25) is 0 Å². The Bertz CT molecular complexity index is 273.